The summed E-state index contributed by atoms with van der Waals surface area (Å²) in [5, 5.41) is 4.08. The van der Waals surface area contributed by atoms with E-state index in [1.54, 1.807) is 13.3 Å². The number of methoxy groups -OCH3 is 1. The van der Waals surface area contributed by atoms with Crippen LogP contribution in [0.15, 0.2) is 36.5 Å². The third-order valence-electron chi connectivity index (χ3n) is 4.56. The SMILES string of the molecule is COCC1(C(=O)Nc2cnc3ccccc3c2)CCCCC1. The van der Waals surface area contributed by atoms with Crippen molar-refractivity contribution in [2.24, 2.45) is 5.41 Å². The molecule has 1 heterocycles. The van der Waals surface area contributed by atoms with Crippen LogP contribution in [0.3, 0.4) is 0 Å². The molecule has 1 fully saturated rings. The molecule has 1 aromatic carbocycles. The summed E-state index contributed by atoms with van der Waals surface area (Å²) in [7, 11) is 1.67. The van der Waals surface area contributed by atoms with E-state index >= 15 is 0 Å². The maximum Gasteiger partial charge on any atom is 0.232 e. The number of rotatable bonds is 4. The molecule has 1 N–H and O–H groups in total. The Morgan fingerprint density at radius 3 is 2.82 bits per heavy atom. The number of nitrogens with zero attached hydrogens (tertiary/aromatic N) is 1. The van der Waals surface area contributed by atoms with Crippen LogP contribution in [-0.2, 0) is 9.53 Å². The Hall–Kier alpha value is -1.94. The van der Waals surface area contributed by atoms with Crippen molar-refractivity contribution < 1.29 is 9.53 Å². The van der Waals surface area contributed by atoms with Crippen molar-refractivity contribution in [1.29, 1.82) is 0 Å². The normalized spacial score (nSPS) is 17.3. The molecule has 0 saturated heterocycles. The van der Waals surface area contributed by atoms with Crippen molar-refractivity contribution in [2.45, 2.75) is 32.1 Å². The minimum absolute atomic E-state index is 0.0612. The van der Waals surface area contributed by atoms with E-state index in [1.807, 2.05) is 30.3 Å². The van der Waals surface area contributed by atoms with Crippen LogP contribution in [0.4, 0.5) is 5.69 Å². The number of amides is 1. The molecular weight excluding hydrogens is 276 g/mol. The summed E-state index contributed by atoms with van der Waals surface area (Å²) in [5.41, 5.74) is 1.30. The van der Waals surface area contributed by atoms with Gasteiger partial charge in [0.1, 0.15) is 0 Å². The molecule has 2 aromatic rings. The maximum atomic E-state index is 12.8. The Morgan fingerprint density at radius 2 is 2.05 bits per heavy atom. The highest BCUT2D eigenvalue weighted by molar-refractivity contribution is 5.97. The summed E-state index contributed by atoms with van der Waals surface area (Å²) in [6.07, 6.45) is 6.90. The van der Waals surface area contributed by atoms with E-state index in [0.717, 1.165) is 42.3 Å². The van der Waals surface area contributed by atoms with Gasteiger partial charge in [0, 0.05) is 12.5 Å². The quantitative estimate of drug-likeness (QED) is 0.934. The largest absolute Gasteiger partial charge is 0.384 e. The molecule has 1 amide bonds. The second kappa shape index (κ2) is 6.44. The number of aromatic nitrogens is 1. The van der Waals surface area contributed by atoms with Gasteiger partial charge < -0.3 is 10.1 Å². The smallest absolute Gasteiger partial charge is 0.232 e. The summed E-state index contributed by atoms with van der Waals surface area (Å²) < 4.78 is 5.34. The molecule has 0 bridgehead atoms. The number of fused-ring (bicyclic) bond motifs is 1. The summed E-state index contributed by atoms with van der Waals surface area (Å²) in [6.45, 7) is 0.486. The summed E-state index contributed by atoms with van der Waals surface area (Å²) in [4.78, 5) is 17.2. The highest BCUT2D eigenvalue weighted by Crippen LogP contribution is 2.37. The van der Waals surface area contributed by atoms with Crippen LogP contribution < -0.4 is 5.32 Å². The lowest BCUT2D eigenvalue weighted by Crippen LogP contribution is -2.41. The van der Waals surface area contributed by atoms with Gasteiger partial charge in [-0.2, -0.15) is 0 Å². The van der Waals surface area contributed by atoms with Crippen molar-refractivity contribution in [3.05, 3.63) is 36.5 Å². The molecule has 116 valence electrons. The predicted octanol–water partition coefficient (Wildman–Crippen LogP) is 3.77. The van der Waals surface area contributed by atoms with Crippen LogP contribution in [0.1, 0.15) is 32.1 Å². The van der Waals surface area contributed by atoms with E-state index in [1.165, 1.54) is 6.42 Å². The second-order valence-corrected chi connectivity index (χ2v) is 6.14. The van der Waals surface area contributed by atoms with Crippen molar-refractivity contribution >= 4 is 22.5 Å². The predicted molar refractivity (Wildman–Crippen MR) is 87.8 cm³/mol. The van der Waals surface area contributed by atoms with Crippen LogP contribution in [0.2, 0.25) is 0 Å². The molecule has 0 radical (unpaired) electrons. The minimum atomic E-state index is -0.390. The van der Waals surface area contributed by atoms with E-state index in [0.29, 0.717) is 6.61 Å². The fourth-order valence-corrected chi connectivity index (χ4v) is 3.34. The van der Waals surface area contributed by atoms with Gasteiger partial charge in [-0.05, 0) is 25.0 Å². The number of anilines is 1. The lowest BCUT2D eigenvalue weighted by atomic mass is 9.74. The standard InChI is InChI=1S/C18H22N2O2/c1-22-13-18(9-5-2-6-10-18)17(21)20-15-11-14-7-3-4-8-16(14)19-12-15/h3-4,7-8,11-12H,2,5-6,9-10,13H2,1H3,(H,20,21). The Labute approximate surface area is 130 Å². The Morgan fingerprint density at radius 1 is 1.27 bits per heavy atom. The van der Waals surface area contributed by atoms with Gasteiger partial charge >= 0.3 is 0 Å². The van der Waals surface area contributed by atoms with Crippen LogP contribution in [0.5, 0.6) is 0 Å². The van der Waals surface area contributed by atoms with Crippen LogP contribution in [0, 0.1) is 5.41 Å². The summed E-state index contributed by atoms with van der Waals surface area (Å²) in [6, 6.07) is 9.88. The molecule has 1 aromatic heterocycles. The second-order valence-electron chi connectivity index (χ2n) is 6.14. The molecule has 4 heteroatoms. The Balaban J connectivity index is 1.81. The van der Waals surface area contributed by atoms with Crippen LogP contribution in [0.25, 0.3) is 10.9 Å². The molecular formula is C18H22N2O2. The van der Waals surface area contributed by atoms with E-state index < -0.39 is 5.41 Å². The molecule has 0 unspecified atom stereocenters. The van der Waals surface area contributed by atoms with Crippen molar-refractivity contribution in [1.82, 2.24) is 4.98 Å². The van der Waals surface area contributed by atoms with Gasteiger partial charge in [-0.1, -0.05) is 37.5 Å². The molecule has 0 atom stereocenters. The highest BCUT2D eigenvalue weighted by atomic mass is 16.5. The summed E-state index contributed by atoms with van der Waals surface area (Å²) in [5.74, 6) is 0.0612. The Kier molecular flexibility index (Phi) is 4.39. The third kappa shape index (κ3) is 2.97. The minimum Gasteiger partial charge on any atom is -0.384 e. The number of para-hydroxylation sites is 1. The molecule has 22 heavy (non-hydrogen) atoms. The van der Waals surface area contributed by atoms with Crippen LogP contribution in [-0.4, -0.2) is 24.6 Å². The van der Waals surface area contributed by atoms with Crippen molar-refractivity contribution in [3.8, 4) is 0 Å². The number of hydrogen-bond donors (Lipinski definition) is 1. The van der Waals surface area contributed by atoms with Crippen molar-refractivity contribution in [2.75, 3.05) is 19.0 Å². The maximum absolute atomic E-state index is 12.8. The van der Waals surface area contributed by atoms with E-state index in [2.05, 4.69) is 10.3 Å². The van der Waals surface area contributed by atoms with Gasteiger partial charge in [-0.25, -0.2) is 0 Å². The van der Waals surface area contributed by atoms with E-state index in [-0.39, 0.29) is 5.91 Å². The first-order chi connectivity index (χ1) is 10.7. The number of ether oxygens (including phenoxy) is 1. The van der Waals surface area contributed by atoms with Crippen molar-refractivity contribution in [3.63, 3.8) is 0 Å². The monoisotopic (exact) mass is 298 g/mol. The number of carbonyl (C=O) groups is 1. The fraction of sp³-hybridized carbons (Fsp3) is 0.444. The molecule has 0 aliphatic heterocycles. The molecule has 4 nitrogen and oxygen atoms in total. The van der Waals surface area contributed by atoms with E-state index in [9.17, 15) is 4.79 Å². The van der Waals surface area contributed by atoms with Gasteiger partial charge in [0.25, 0.3) is 0 Å². The zero-order valence-electron chi connectivity index (χ0n) is 13.0. The van der Waals surface area contributed by atoms with Gasteiger partial charge in [0.15, 0.2) is 0 Å². The zero-order chi connectivity index (χ0) is 15.4. The lowest BCUT2D eigenvalue weighted by Gasteiger charge is -2.35. The zero-order valence-corrected chi connectivity index (χ0v) is 13.0. The lowest BCUT2D eigenvalue weighted by molar-refractivity contribution is -0.131. The van der Waals surface area contributed by atoms with Gasteiger partial charge in [0.05, 0.1) is 29.4 Å². The van der Waals surface area contributed by atoms with Gasteiger partial charge in [-0.3, -0.25) is 9.78 Å². The number of nitrogens with one attached hydrogen (secondary N) is 1. The van der Waals surface area contributed by atoms with E-state index in [4.69, 9.17) is 4.74 Å². The first-order valence-electron chi connectivity index (χ1n) is 7.89. The number of carbonyl (C=O) groups excluding carboxylic acids is 1. The average Bonchev–Trinajstić information content (AvgIpc) is 2.56. The number of benzene rings is 1. The van der Waals surface area contributed by atoms with Gasteiger partial charge in [-0.15, -0.1) is 0 Å². The van der Waals surface area contributed by atoms with Crippen LogP contribution >= 0.6 is 0 Å². The van der Waals surface area contributed by atoms with Gasteiger partial charge in [0.2, 0.25) is 5.91 Å². The molecule has 3 rings (SSSR count). The molecule has 0 spiro atoms. The first kappa shape index (κ1) is 15.0. The average molecular weight is 298 g/mol. The first-order valence-corrected chi connectivity index (χ1v) is 7.89. The number of pyridine rings is 1. The fourth-order valence-electron chi connectivity index (χ4n) is 3.34. The molecule has 1 aliphatic rings. The highest BCUT2D eigenvalue weighted by Gasteiger charge is 2.39. The Bertz CT molecular complexity index is 657. The molecule has 1 saturated carbocycles. The third-order valence-corrected chi connectivity index (χ3v) is 4.56. The topological polar surface area (TPSA) is 51.2 Å². The number of hydrogen-bond acceptors (Lipinski definition) is 3. The summed E-state index contributed by atoms with van der Waals surface area (Å²) >= 11 is 0. The molecule has 1 aliphatic carbocycles.